The number of ketones is 1. The van der Waals surface area contributed by atoms with Gasteiger partial charge in [0.15, 0.2) is 0 Å². The Balaban J connectivity index is 2.13. The van der Waals surface area contributed by atoms with Crippen LogP contribution in [-0.4, -0.2) is 20.8 Å². The molecular formula is C12H15N3O. The van der Waals surface area contributed by atoms with E-state index in [2.05, 4.69) is 10.3 Å². The van der Waals surface area contributed by atoms with Gasteiger partial charge in [0.25, 0.3) is 0 Å². The summed E-state index contributed by atoms with van der Waals surface area (Å²) >= 11 is 0. The highest BCUT2D eigenvalue weighted by Crippen LogP contribution is 2.10. The highest BCUT2D eigenvalue weighted by Gasteiger charge is 2.09. The van der Waals surface area contributed by atoms with Gasteiger partial charge in [-0.2, -0.15) is 0 Å². The standard InChI is InChI=1S/C12H15N3O/c1-9(2)12(16)7-8-15-11-6-4-3-5-10(11)13-14-15/h3-6,9H,7-8H2,1-2H3. The summed E-state index contributed by atoms with van der Waals surface area (Å²) < 4.78 is 1.79. The van der Waals surface area contributed by atoms with Crippen molar-refractivity contribution < 1.29 is 4.79 Å². The maximum Gasteiger partial charge on any atom is 0.137 e. The first kappa shape index (κ1) is 10.8. The van der Waals surface area contributed by atoms with Gasteiger partial charge in [-0.25, -0.2) is 4.68 Å². The van der Waals surface area contributed by atoms with E-state index in [4.69, 9.17) is 0 Å². The van der Waals surface area contributed by atoms with Crippen LogP contribution in [0.2, 0.25) is 0 Å². The monoisotopic (exact) mass is 217 g/mol. The van der Waals surface area contributed by atoms with Crippen LogP contribution in [0.25, 0.3) is 11.0 Å². The molecular weight excluding hydrogens is 202 g/mol. The number of rotatable bonds is 4. The summed E-state index contributed by atoms with van der Waals surface area (Å²) in [6.45, 7) is 4.45. The molecule has 1 aromatic carbocycles. The van der Waals surface area contributed by atoms with Gasteiger partial charge in [0.05, 0.1) is 12.1 Å². The number of para-hydroxylation sites is 1. The minimum absolute atomic E-state index is 0.0924. The molecule has 0 aliphatic rings. The zero-order valence-corrected chi connectivity index (χ0v) is 9.55. The van der Waals surface area contributed by atoms with Crippen molar-refractivity contribution in [2.75, 3.05) is 0 Å². The van der Waals surface area contributed by atoms with Gasteiger partial charge >= 0.3 is 0 Å². The van der Waals surface area contributed by atoms with E-state index in [1.807, 2.05) is 38.1 Å². The van der Waals surface area contributed by atoms with E-state index in [1.54, 1.807) is 4.68 Å². The number of benzene rings is 1. The Hall–Kier alpha value is -1.71. The Labute approximate surface area is 94.3 Å². The number of aromatic nitrogens is 3. The van der Waals surface area contributed by atoms with Gasteiger partial charge in [-0.05, 0) is 12.1 Å². The van der Waals surface area contributed by atoms with E-state index in [9.17, 15) is 4.79 Å². The van der Waals surface area contributed by atoms with E-state index in [1.165, 1.54) is 0 Å². The first-order valence-electron chi connectivity index (χ1n) is 5.49. The van der Waals surface area contributed by atoms with Crippen molar-refractivity contribution in [2.45, 2.75) is 26.8 Å². The van der Waals surface area contributed by atoms with Crippen LogP contribution in [0.5, 0.6) is 0 Å². The van der Waals surface area contributed by atoms with Gasteiger partial charge in [-0.15, -0.1) is 5.10 Å². The first-order chi connectivity index (χ1) is 7.68. The number of Topliss-reactive ketones (excluding diaryl/α,β-unsaturated/α-hetero) is 1. The van der Waals surface area contributed by atoms with Crippen molar-refractivity contribution in [1.29, 1.82) is 0 Å². The van der Waals surface area contributed by atoms with E-state index < -0.39 is 0 Å². The lowest BCUT2D eigenvalue weighted by Crippen LogP contribution is -2.11. The Kier molecular flexibility index (Phi) is 2.99. The number of aryl methyl sites for hydroxylation is 1. The topological polar surface area (TPSA) is 47.8 Å². The molecule has 0 N–H and O–H groups in total. The highest BCUT2D eigenvalue weighted by atomic mass is 16.1. The van der Waals surface area contributed by atoms with Gasteiger partial charge in [0.2, 0.25) is 0 Å². The normalized spacial score (nSPS) is 11.2. The second-order valence-corrected chi connectivity index (χ2v) is 4.17. The molecule has 0 aliphatic heterocycles. The lowest BCUT2D eigenvalue weighted by molar-refractivity contribution is -0.122. The maximum absolute atomic E-state index is 11.5. The molecule has 0 unspecified atom stereocenters. The smallest absolute Gasteiger partial charge is 0.137 e. The molecule has 0 amide bonds. The van der Waals surface area contributed by atoms with Crippen molar-refractivity contribution in [2.24, 2.45) is 5.92 Å². The van der Waals surface area contributed by atoms with Gasteiger partial charge in [0, 0.05) is 12.3 Å². The van der Waals surface area contributed by atoms with Crippen molar-refractivity contribution >= 4 is 16.8 Å². The van der Waals surface area contributed by atoms with Crippen molar-refractivity contribution in [3.05, 3.63) is 24.3 Å². The summed E-state index contributed by atoms with van der Waals surface area (Å²) in [6, 6.07) is 7.77. The van der Waals surface area contributed by atoms with E-state index in [0.29, 0.717) is 13.0 Å². The summed E-state index contributed by atoms with van der Waals surface area (Å²) in [7, 11) is 0. The average molecular weight is 217 g/mol. The molecule has 0 spiro atoms. The number of hydrogen-bond acceptors (Lipinski definition) is 3. The van der Waals surface area contributed by atoms with Crippen molar-refractivity contribution in [3.63, 3.8) is 0 Å². The fourth-order valence-corrected chi connectivity index (χ4v) is 1.59. The molecule has 1 heterocycles. The molecule has 0 radical (unpaired) electrons. The molecule has 0 aliphatic carbocycles. The number of hydrogen-bond donors (Lipinski definition) is 0. The van der Waals surface area contributed by atoms with Gasteiger partial charge in [-0.3, -0.25) is 4.79 Å². The zero-order valence-electron chi connectivity index (χ0n) is 9.55. The molecule has 1 aromatic heterocycles. The van der Waals surface area contributed by atoms with Gasteiger partial charge < -0.3 is 0 Å². The first-order valence-corrected chi connectivity index (χ1v) is 5.49. The Bertz CT molecular complexity index is 502. The summed E-state index contributed by atoms with van der Waals surface area (Å²) in [5, 5.41) is 8.08. The number of carbonyl (C=O) groups excluding carboxylic acids is 1. The largest absolute Gasteiger partial charge is 0.299 e. The van der Waals surface area contributed by atoms with E-state index in [0.717, 1.165) is 11.0 Å². The fourth-order valence-electron chi connectivity index (χ4n) is 1.59. The van der Waals surface area contributed by atoms with Crippen LogP contribution in [0.1, 0.15) is 20.3 Å². The SMILES string of the molecule is CC(C)C(=O)CCn1nnc2ccccc21. The van der Waals surface area contributed by atoms with E-state index >= 15 is 0 Å². The van der Waals surface area contributed by atoms with Crippen molar-refractivity contribution in [1.82, 2.24) is 15.0 Å². The average Bonchev–Trinajstić information content (AvgIpc) is 2.69. The Morgan fingerprint density at radius 2 is 2.12 bits per heavy atom. The van der Waals surface area contributed by atoms with Gasteiger partial charge in [0.1, 0.15) is 11.3 Å². The van der Waals surface area contributed by atoms with Crippen molar-refractivity contribution in [3.8, 4) is 0 Å². The molecule has 0 bridgehead atoms. The molecule has 0 atom stereocenters. The molecule has 84 valence electrons. The quantitative estimate of drug-likeness (QED) is 0.787. The van der Waals surface area contributed by atoms with Crippen LogP contribution < -0.4 is 0 Å². The molecule has 0 saturated carbocycles. The summed E-state index contributed by atoms with van der Waals surface area (Å²) in [4.78, 5) is 11.5. The minimum Gasteiger partial charge on any atom is -0.299 e. The zero-order chi connectivity index (χ0) is 11.5. The summed E-state index contributed by atoms with van der Waals surface area (Å²) in [5.41, 5.74) is 1.86. The maximum atomic E-state index is 11.5. The second-order valence-electron chi connectivity index (χ2n) is 4.17. The third-order valence-electron chi connectivity index (χ3n) is 2.63. The van der Waals surface area contributed by atoms with Crippen LogP contribution in [0.15, 0.2) is 24.3 Å². The molecule has 0 saturated heterocycles. The summed E-state index contributed by atoms with van der Waals surface area (Å²) in [5.74, 6) is 0.356. The van der Waals surface area contributed by atoms with Gasteiger partial charge in [-0.1, -0.05) is 31.2 Å². The van der Waals surface area contributed by atoms with Crippen LogP contribution in [0.3, 0.4) is 0 Å². The number of fused-ring (bicyclic) bond motifs is 1. The molecule has 4 nitrogen and oxygen atoms in total. The van der Waals surface area contributed by atoms with Crippen LogP contribution in [0.4, 0.5) is 0 Å². The number of nitrogens with zero attached hydrogens (tertiary/aromatic N) is 3. The molecule has 2 rings (SSSR count). The lowest BCUT2D eigenvalue weighted by atomic mass is 10.1. The third-order valence-corrected chi connectivity index (χ3v) is 2.63. The molecule has 4 heteroatoms. The van der Waals surface area contributed by atoms with Crippen LogP contribution >= 0.6 is 0 Å². The van der Waals surface area contributed by atoms with E-state index in [-0.39, 0.29) is 11.7 Å². The highest BCUT2D eigenvalue weighted by molar-refractivity contribution is 5.80. The van der Waals surface area contributed by atoms with Crippen LogP contribution in [-0.2, 0) is 11.3 Å². The molecule has 2 aromatic rings. The Morgan fingerprint density at radius 1 is 1.38 bits per heavy atom. The third kappa shape index (κ3) is 2.10. The minimum atomic E-state index is 0.0924. The fraction of sp³-hybridized carbons (Fsp3) is 0.417. The predicted octanol–water partition coefficient (Wildman–Crippen LogP) is 2.05. The van der Waals surface area contributed by atoms with Crippen LogP contribution in [0, 0.1) is 5.92 Å². The second kappa shape index (κ2) is 4.43. The number of carbonyl (C=O) groups is 1. The molecule has 16 heavy (non-hydrogen) atoms. The molecule has 0 fully saturated rings. The Morgan fingerprint density at radius 3 is 2.88 bits per heavy atom. The lowest BCUT2D eigenvalue weighted by Gasteiger charge is -2.04. The predicted molar refractivity (Wildman–Crippen MR) is 62.0 cm³/mol. The summed E-state index contributed by atoms with van der Waals surface area (Å²) in [6.07, 6.45) is 0.519.